The Morgan fingerprint density at radius 3 is 2.75 bits per heavy atom. The Morgan fingerprint density at radius 1 is 1.20 bits per heavy atom. The minimum Gasteiger partial charge on any atom is -0.243 e. The van der Waals surface area contributed by atoms with Crippen LogP contribution in [0.25, 0.3) is 0 Å². The highest BCUT2D eigenvalue weighted by atomic mass is 35.5. The van der Waals surface area contributed by atoms with Crippen LogP contribution in [0.3, 0.4) is 0 Å². The van der Waals surface area contributed by atoms with Gasteiger partial charge in [0.15, 0.2) is 0 Å². The first kappa shape index (κ1) is 13.5. The zero-order valence-corrected chi connectivity index (χ0v) is 12.2. The molecule has 0 amide bonds. The summed E-state index contributed by atoms with van der Waals surface area (Å²) in [6.07, 6.45) is 2.94. The molecule has 0 saturated carbocycles. The third-order valence-corrected chi connectivity index (χ3v) is 5.12. The average molecular weight is 309 g/mol. The van der Waals surface area contributed by atoms with Crippen molar-refractivity contribution in [1.82, 2.24) is 9.71 Å². The van der Waals surface area contributed by atoms with Gasteiger partial charge < -0.3 is 0 Å². The number of hydrogen-bond acceptors (Lipinski definition) is 3. The predicted molar refractivity (Wildman–Crippen MR) is 77.1 cm³/mol. The Balaban J connectivity index is 1.86. The molecular formula is C14H13ClN2O2S. The van der Waals surface area contributed by atoms with Crippen LogP contribution in [-0.4, -0.2) is 13.4 Å². The molecule has 1 N–H and O–H groups in total. The molecule has 0 aliphatic heterocycles. The van der Waals surface area contributed by atoms with Gasteiger partial charge in [-0.15, -0.1) is 0 Å². The highest BCUT2D eigenvalue weighted by Gasteiger charge is 2.27. The van der Waals surface area contributed by atoms with Gasteiger partial charge in [-0.3, -0.25) is 0 Å². The molecule has 1 aromatic carbocycles. The first-order chi connectivity index (χ1) is 9.56. The molecule has 1 heterocycles. The van der Waals surface area contributed by atoms with Gasteiger partial charge in [0.1, 0.15) is 10.0 Å². The summed E-state index contributed by atoms with van der Waals surface area (Å²) in [4.78, 5) is 3.94. The molecule has 1 aliphatic rings. The number of aromatic nitrogens is 1. The number of halogens is 1. The van der Waals surface area contributed by atoms with Gasteiger partial charge in [0.25, 0.3) is 0 Å². The highest BCUT2D eigenvalue weighted by molar-refractivity contribution is 7.89. The number of hydrogen-bond donors (Lipinski definition) is 1. The molecule has 6 heteroatoms. The summed E-state index contributed by atoms with van der Waals surface area (Å²) in [5.41, 5.74) is 2.26. The Labute approximate surface area is 122 Å². The van der Waals surface area contributed by atoms with Crippen LogP contribution in [-0.2, 0) is 16.4 Å². The highest BCUT2D eigenvalue weighted by Crippen LogP contribution is 2.31. The van der Waals surface area contributed by atoms with Crippen molar-refractivity contribution in [3.63, 3.8) is 0 Å². The van der Waals surface area contributed by atoms with E-state index < -0.39 is 10.0 Å². The largest absolute Gasteiger partial charge is 0.243 e. The normalized spacial score (nSPS) is 17.9. The molecule has 1 aliphatic carbocycles. The average Bonchev–Trinajstić information content (AvgIpc) is 2.82. The number of pyridine rings is 1. The van der Waals surface area contributed by atoms with Crippen molar-refractivity contribution >= 4 is 21.6 Å². The Kier molecular flexibility index (Phi) is 3.50. The molecule has 1 atom stereocenters. The van der Waals surface area contributed by atoms with E-state index in [1.807, 2.05) is 24.3 Å². The van der Waals surface area contributed by atoms with E-state index >= 15 is 0 Å². The third-order valence-electron chi connectivity index (χ3n) is 3.44. The number of sulfonamides is 1. The first-order valence-corrected chi connectivity index (χ1v) is 8.14. The summed E-state index contributed by atoms with van der Waals surface area (Å²) in [7, 11) is -3.57. The Morgan fingerprint density at radius 2 is 2.00 bits per heavy atom. The number of nitrogens with zero attached hydrogens (tertiary/aromatic N) is 1. The zero-order chi connectivity index (χ0) is 14.2. The lowest BCUT2D eigenvalue weighted by Gasteiger charge is -2.14. The van der Waals surface area contributed by atoms with E-state index in [4.69, 9.17) is 11.6 Å². The lowest BCUT2D eigenvalue weighted by molar-refractivity contribution is 0.554. The number of nitrogens with one attached hydrogen (secondary N) is 1. The van der Waals surface area contributed by atoms with Crippen LogP contribution in [0.2, 0.25) is 5.15 Å². The molecule has 20 heavy (non-hydrogen) atoms. The van der Waals surface area contributed by atoms with Gasteiger partial charge in [0, 0.05) is 12.2 Å². The molecular weight excluding hydrogens is 296 g/mol. The molecule has 4 nitrogen and oxygen atoms in total. The zero-order valence-electron chi connectivity index (χ0n) is 10.6. The number of fused-ring (bicyclic) bond motifs is 1. The van der Waals surface area contributed by atoms with Crippen LogP contribution in [0.4, 0.5) is 0 Å². The second-order valence-corrected chi connectivity index (χ2v) is 6.83. The summed E-state index contributed by atoms with van der Waals surface area (Å²) in [5.74, 6) is 0. The predicted octanol–water partition coefficient (Wildman–Crippen LogP) is 2.70. The maximum absolute atomic E-state index is 12.3. The summed E-state index contributed by atoms with van der Waals surface area (Å²) in [5, 5.41) is 0.273. The molecule has 0 fully saturated rings. The summed E-state index contributed by atoms with van der Waals surface area (Å²) in [6.45, 7) is 0. The Bertz CT molecular complexity index is 729. The lowest BCUT2D eigenvalue weighted by Crippen LogP contribution is -2.27. The van der Waals surface area contributed by atoms with E-state index in [1.54, 1.807) is 0 Å². The topological polar surface area (TPSA) is 59.1 Å². The van der Waals surface area contributed by atoms with Gasteiger partial charge in [0.2, 0.25) is 10.0 Å². The van der Waals surface area contributed by atoms with Gasteiger partial charge in [-0.25, -0.2) is 18.1 Å². The van der Waals surface area contributed by atoms with E-state index in [0.29, 0.717) is 0 Å². The van der Waals surface area contributed by atoms with Gasteiger partial charge >= 0.3 is 0 Å². The van der Waals surface area contributed by atoms with Crippen LogP contribution < -0.4 is 4.72 Å². The van der Waals surface area contributed by atoms with Gasteiger partial charge in [0.05, 0.1) is 0 Å². The molecule has 3 rings (SSSR count). The monoisotopic (exact) mass is 308 g/mol. The maximum atomic E-state index is 12.3. The number of rotatable bonds is 3. The smallest absolute Gasteiger partial charge is 0.242 e. The number of benzene rings is 1. The van der Waals surface area contributed by atoms with Crippen molar-refractivity contribution < 1.29 is 8.42 Å². The lowest BCUT2D eigenvalue weighted by atomic mass is 10.1. The fraction of sp³-hybridized carbons (Fsp3) is 0.214. The SMILES string of the molecule is O=S(=O)(NC1CCc2ccccc21)c1ccc(Cl)nc1. The van der Waals surface area contributed by atoms with Crippen LogP contribution in [0, 0.1) is 0 Å². The van der Waals surface area contributed by atoms with Crippen molar-refractivity contribution in [3.05, 3.63) is 58.9 Å². The van der Waals surface area contributed by atoms with E-state index in [-0.39, 0.29) is 16.1 Å². The fourth-order valence-corrected chi connectivity index (χ4v) is 3.76. The second-order valence-electron chi connectivity index (χ2n) is 4.73. The molecule has 0 spiro atoms. The van der Waals surface area contributed by atoms with Gasteiger partial charge in [-0.05, 0) is 36.1 Å². The number of aryl methyl sites for hydroxylation is 1. The van der Waals surface area contributed by atoms with Gasteiger partial charge in [-0.2, -0.15) is 0 Å². The van der Waals surface area contributed by atoms with Crippen LogP contribution in [0.1, 0.15) is 23.6 Å². The molecule has 1 aromatic heterocycles. The summed E-state index contributed by atoms with van der Waals surface area (Å²) in [6, 6.07) is 10.7. The molecule has 0 bridgehead atoms. The van der Waals surface area contributed by atoms with E-state index in [0.717, 1.165) is 18.4 Å². The molecule has 1 unspecified atom stereocenters. The van der Waals surface area contributed by atoms with E-state index in [2.05, 4.69) is 9.71 Å². The van der Waals surface area contributed by atoms with Crippen LogP contribution in [0.15, 0.2) is 47.5 Å². The molecule has 2 aromatic rings. The van der Waals surface area contributed by atoms with Crippen molar-refractivity contribution in [3.8, 4) is 0 Å². The van der Waals surface area contributed by atoms with Crippen LogP contribution >= 0.6 is 11.6 Å². The van der Waals surface area contributed by atoms with E-state index in [9.17, 15) is 8.42 Å². The second kappa shape index (κ2) is 5.16. The summed E-state index contributed by atoms with van der Waals surface area (Å²) < 4.78 is 27.4. The van der Waals surface area contributed by atoms with Crippen molar-refractivity contribution in [2.24, 2.45) is 0 Å². The minimum absolute atomic E-state index is 0.131. The quantitative estimate of drug-likeness (QED) is 0.887. The van der Waals surface area contributed by atoms with Gasteiger partial charge in [-0.1, -0.05) is 35.9 Å². The Hall–Kier alpha value is -1.43. The van der Waals surface area contributed by atoms with Crippen molar-refractivity contribution in [2.75, 3.05) is 0 Å². The standard InChI is InChI=1S/C14H13ClN2O2S/c15-14-8-6-11(9-16-14)20(18,19)17-13-7-5-10-3-1-2-4-12(10)13/h1-4,6,8-9,13,17H,5,7H2. The third kappa shape index (κ3) is 2.57. The van der Waals surface area contributed by atoms with E-state index in [1.165, 1.54) is 23.9 Å². The van der Waals surface area contributed by atoms with Crippen LogP contribution in [0.5, 0.6) is 0 Å². The molecule has 0 saturated heterocycles. The van der Waals surface area contributed by atoms with Crippen molar-refractivity contribution in [1.29, 1.82) is 0 Å². The molecule has 0 radical (unpaired) electrons. The first-order valence-electron chi connectivity index (χ1n) is 6.28. The minimum atomic E-state index is -3.57. The molecule has 104 valence electrons. The van der Waals surface area contributed by atoms with Crippen molar-refractivity contribution in [2.45, 2.75) is 23.8 Å². The maximum Gasteiger partial charge on any atom is 0.242 e. The fourth-order valence-electron chi connectivity index (χ4n) is 2.46. The summed E-state index contributed by atoms with van der Waals surface area (Å²) >= 11 is 5.67.